The first-order chi connectivity index (χ1) is 15.5. The third kappa shape index (κ3) is 4.27. The van der Waals surface area contributed by atoms with E-state index in [0.717, 1.165) is 5.56 Å². The molecule has 3 heterocycles. The molecule has 4 rings (SSSR count). The number of furan rings is 1. The SMILES string of the molecule is CC(C)COc1cccc(C2C(C(=O)c3ccco3)=C(O)C(=O)N2Cc2ccncc2)c1. The van der Waals surface area contributed by atoms with Crippen LogP contribution in [-0.2, 0) is 11.3 Å². The lowest BCUT2D eigenvalue weighted by molar-refractivity contribution is -0.130. The molecule has 3 aromatic rings. The molecule has 0 bridgehead atoms. The van der Waals surface area contributed by atoms with Gasteiger partial charge in [0, 0.05) is 18.9 Å². The molecular weight excluding hydrogens is 408 g/mol. The number of rotatable bonds is 8. The van der Waals surface area contributed by atoms with E-state index in [9.17, 15) is 14.7 Å². The maximum atomic E-state index is 13.2. The number of aromatic nitrogens is 1. The molecule has 1 unspecified atom stereocenters. The fraction of sp³-hybridized carbons (Fsp3) is 0.240. The van der Waals surface area contributed by atoms with Crippen LogP contribution in [0.25, 0.3) is 0 Å². The van der Waals surface area contributed by atoms with Crippen LogP contribution in [-0.4, -0.2) is 33.3 Å². The van der Waals surface area contributed by atoms with Gasteiger partial charge in [-0.05, 0) is 53.4 Å². The van der Waals surface area contributed by atoms with Gasteiger partial charge in [-0.1, -0.05) is 26.0 Å². The summed E-state index contributed by atoms with van der Waals surface area (Å²) >= 11 is 0. The van der Waals surface area contributed by atoms with Gasteiger partial charge in [-0.2, -0.15) is 0 Å². The van der Waals surface area contributed by atoms with Crippen LogP contribution in [0.4, 0.5) is 0 Å². The Bertz CT molecular complexity index is 1140. The van der Waals surface area contributed by atoms with Gasteiger partial charge in [-0.25, -0.2) is 0 Å². The average Bonchev–Trinajstić information content (AvgIpc) is 3.42. The molecule has 7 heteroatoms. The van der Waals surface area contributed by atoms with Crippen molar-refractivity contribution in [2.45, 2.75) is 26.4 Å². The number of Topliss-reactive ketones (excluding diaryl/α,β-unsaturated/α-hetero) is 1. The lowest BCUT2D eigenvalue weighted by Gasteiger charge is -2.27. The van der Waals surface area contributed by atoms with Crippen molar-refractivity contribution in [2.24, 2.45) is 5.92 Å². The van der Waals surface area contributed by atoms with Crippen LogP contribution in [0.1, 0.15) is 41.6 Å². The van der Waals surface area contributed by atoms with Gasteiger partial charge in [0.05, 0.1) is 24.5 Å². The number of ketones is 1. The lowest BCUT2D eigenvalue weighted by Crippen LogP contribution is -2.30. The zero-order valence-electron chi connectivity index (χ0n) is 17.9. The molecule has 0 fully saturated rings. The first-order valence-electron chi connectivity index (χ1n) is 10.4. The number of amides is 1. The van der Waals surface area contributed by atoms with Crippen molar-refractivity contribution in [1.82, 2.24) is 9.88 Å². The quantitative estimate of drug-likeness (QED) is 0.527. The molecule has 2 aromatic heterocycles. The van der Waals surface area contributed by atoms with Crippen molar-refractivity contribution in [3.63, 3.8) is 0 Å². The predicted octanol–water partition coefficient (Wildman–Crippen LogP) is 4.49. The van der Waals surface area contributed by atoms with Gasteiger partial charge in [0.1, 0.15) is 5.75 Å². The number of hydrogen-bond donors (Lipinski definition) is 1. The molecular formula is C25H24N2O5. The number of carbonyl (C=O) groups is 2. The Hall–Kier alpha value is -3.87. The Morgan fingerprint density at radius 1 is 1.19 bits per heavy atom. The molecule has 0 saturated heterocycles. The van der Waals surface area contributed by atoms with Crippen LogP contribution in [0.3, 0.4) is 0 Å². The number of ether oxygens (including phenoxy) is 1. The number of hydrogen-bond acceptors (Lipinski definition) is 6. The fourth-order valence-electron chi connectivity index (χ4n) is 3.66. The molecule has 164 valence electrons. The third-order valence-electron chi connectivity index (χ3n) is 5.15. The molecule has 1 aliphatic rings. The lowest BCUT2D eigenvalue weighted by atomic mass is 9.94. The minimum atomic E-state index is -0.795. The summed E-state index contributed by atoms with van der Waals surface area (Å²) < 4.78 is 11.1. The topological polar surface area (TPSA) is 92.9 Å². The third-order valence-corrected chi connectivity index (χ3v) is 5.15. The summed E-state index contributed by atoms with van der Waals surface area (Å²) in [6.07, 6.45) is 4.65. The van der Waals surface area contributed by atoms with Crippen LogP contribution >= 0.6 is 0 Å². The van der Waals surface area contributed by atoms with E-state index in [0.29, 0.717) is 23.8 Å². The second-order valence-electron chi connectivity index (χ2n) is 8.04. The first-order valence-corrected chi connectivity index (χ1v) is 10.4. The standard InChI is InChI=1S/C25H24N2O5/c1-16(2)15-32-19-6-3-5-18(13-19)22-21(23(28)20-7-4-12-31-20)24(29)25(30)27(22)14-17-8-10-26-11-9-17/h3-13,16,22,29H,14-15H2,1-2H3. The molecule has 1 aromatic carbocycles. The van der Waals surface area contributed by atoms with Gasteiger partial charge in [-0.3, -0.25) is 14.6 Å². The van der Waals surface area contributed by atoms with Crippen LogP contribution in [0.2, 0.25) is 0 Å². The minimum Gasteiger partial charge on any atom is -0.503 e. The molecule has 1 N–H and O–H groups in total. The predicted molar refractivity (Wildman–Crippen MR) is 117 cm³/mol. The number of carbonyl (C=O) groups excluding carboxylic acids is 2. The van der Waals surface area contributed by atoms with Crippen LogP contribution in [0.5, 0.6) is 5.75 Å². The molecule has 32 heavy (non-hydrogen) atoms. The van der Waals surface area contributed by atoms with E-state index >= 15 is 0 Å². The number of nitrogens with zero attached hydrogens (tertiary/aromatic N) is 2. The van der Waals surface area contributed by atoms with E-state index in [1.54, 1.807) is 36.7 Å². The molecule has 1 atom stereocenters. The maximum Gasteiger partial charge on any atom is 0.290 e. The Labute approximate surface area is 186 Å². The average molecular weight is 432 g/mol. The van der Waals surface area contributed by atoms with E-state index in [4.69, 9.17) is 9.15 Å². The minimum absolute atomic E-state index is 0.0139. The van der Waals surface area contributed by atoms with Crippen molar-refractivity contribution in [3.05, 3.63) is 95.4 Å². The van der Waals surface area contributed by atoms with Gasteiger partial charge in [0.25, 0.3) is 5.91 Å². The van der Waals surface area contributed by atoms with E-state index < -0.39 is 23.5 Å². The number of aliphatic hydroxyl groups is 1. The summed E-state index contributed by atoms with van der Waals surface area (Å²) in [7, 11) is 0. The number of pyridine rings is 1. The highest BCUT2D eigenvalue weighted by Gasteiger charge is 2.44. The van der Waals surface area contributed by atoms with E-state index in [1.807, 2.05) is 18.2 Å². The van der Waals surface area contributed by atoms with Crippen molar-refractivity contribution < 1.29 is 23.8 Å². The molecule has 0 saturated carbocycles. The molecule has 1 aliphatic heterocycles. The van der Waals surface area contributed by atoms with Crippen molar-refractivity contribution in [2.75, 3.05) is 6.61 Å². The van der Waals surface area contributed by atoms with Crippen molar-refractivity contribution in [1.29, 1.82) is 0 Å². The molecule has 1 amide bonds. The Morgan fingerprint density at radius 3 is 2.66 bits per heavy atom. The van der Waals surface area contributed by atoms with Crippen LogP contribution < -0.4 is 4.74 Å². The number of aliphatic hydroxyl groups excluding tert-OH is 1. The van der Waals surface area contributed by atoms with Crippen LogP contribution in [0.15, 0.2) is 82.9 Å². The van der Waals surface area contributed by atoms with Crippen molar-refractivity contribution >= 4 is 11.7 Å². The monoisotopic (exact) mass is 432 g/mol. The number of benzene rings is 1. The zero-order valence-corrected chi connectivity index (χ0v) is 17.9. The Balaban J connectivity index is 1.76. The van der Waals surface area contributed by atoms with Gasteiger partial charge >= 0.3 is 0 Å². The van der Waals surface area contributed by atoms with Gasteiger partial charge in [-0.15, -0.1) is 0 Å². The molecule has 0 aliphatic carbocycles. The van der Waals surface area contributed by atoms with E-state index in [-0.39, 0.29) is 17.9 Å². The zero-order chi connectivity index (χ0) is 22.7. The Morgan fingerprint density at radius 2 is 1.97 bits per heavy atom. The maximum absolute atomic E-state index is 13.2. The smallest absolute Gasteiger partial charge is 0.290 e. The highest BCUT2D eigenvalue weighted by molar-refractivity contribution is 6.15. The summed E-state index contributed by atoms with van der Waals surface area (Å²) in [6.45, 7) is 4.84. The van der Waals surface area contributed by atoms with Crippen molar-refractivity contribution in [3.8, 4) is 5.75 Å². The largest absolute Gasteiger partial charge is 0.503 e. The Kier molecular flexibility index (Phi) is 6.07. The summed E-state index contributed by atoms with van der Waals surface area (Å²) in [6, 6.07) is 13.1. The molecule has 0 radical (unpaired) electrons. The highest BCUT2D eigenvalue weighted by Crippen LogP contribution is 2.40. The summed E-state index contributed by atoms with van der Waals surface area (Å²) in [5, 5.41) is 10.7. The molecule has 7 nitrogen and oxygen atoms in total. The second kappa shape index (κ2) is 9.09. The van der Waals surface area contributed by atoms with Gasteiger partial charge in [0.2, 0.25) is 5.78 Å². The highest BCUT2D eigenvalue weighted by atomic mass is 16.5. The fourth-order valence-corrected chi connectivity index (χ4v) is 3.66. The summed E-state index contributed by atoms with van der Waals surface area (Å²) in [5.74, 6) is -0.688. The van der Waals surface area contributed by atoms with Gasteiger partial charge in [0.15, 0.2) is 11.5 Å². The normalized spacial score (nSPS) is 16.2. The van der Waals surface area contributed by atoms with E-state index in [2.05, 4.69) is 18.8 Å². The van der Waals surface area contributed by atoms with E-state index in [1.165, 1.54) is 17.2 Å². The molecule has 0 spiro atoms. The summed E-state index contributed by atoms with van der Waals surface area (Å²) in [4.78, 5) is 31.8. The van der Waals surface area contributed by atoms with Crippen LogP contribution in [0, 0.1) is 5.92 Å². The van der Waals surface area contributed by atoms with Gasteiger partial charge < -0.3 is 19.2 Å². The summed E-state index contributed by atoms with van der Waals surface area (Å²) in [5.41, 5.74) is 1.47. The first kappa shape index (κ1) is 21.4. The second-order valence-corrected chi connectivity index (χ2v) is 8.04.